The topological polar surface area (TPSA) is 58.6 Å². The van der Waals surface area contributed by atoms with E-state index in [9.17, 15) is 9.59 Å². The molecule has 5 heteroatoms. The number of nitrogens with zero attached hydrogens (tertiary/aromatic N) is 1. The molecule has 2 atom stereocenters. The van der Waals surface area contributed by atoms with Gasteiger partial charge < -0.3 is 15.0 Å². The van der Waals surface area contributed by atoms with E-state index in [2.05, 4.69) is 5.32 Å². The monoisotopic (exact) mass is 282 g/mol. The van der Waals surface area contributed by atoms with E-state index >= 15 is 0 Å². The first kappa shape index (κ1) is 15.3. The third-order valence-corrected chi connectivity index (χ3v) is 4.84. The quantitative estimate of drug-likeness (QED) is 0.827. The maximum Gasteiger partial charge on any atom is 0.249 e. The van der Waals surface area contributed by atoms with Crippen LogP contribution in [0.5, 0.6) is 0 Å². The largest absolute Gasteiger partial charge is 0.379 e. The van der Waals surface area contributed by atoms with Gasteiger partial charge in [0.25, 0.3) is 0 Å². The van der Waals surface area contributed by atoms with Crippen LogP contribution in [0.2, 0.25) is 0 Å². The third kappa shape index (κ3) is 2.68. The minimum Gasteiger partial charge on any atom is -0.379 e. The van der Waals surface area contributed by atoms with Crippen molar-refractivity contribution >= 4 is 11.8 Å². The molecule has 0 bridgehead atoms. The van der Waals surface area contributed by atoms with Crippen molar-refractivity contribution in [3.05, 3.63) is 0 Å². The fourth-order valence-electron chi connectivity index (χ4n) is 2.75. The van der Waals surface area contributed by atoms with Gasteiger partial charge in [0, 0.05) is 13.7 Å². The van der Waals surface area contributed by atoms with E-state index < -0.39 is 11.6 Å². The first-order valence-electron chi connectivity index (χ1n) is 7.39. The molecule has 0 aromatic heterocycles. The fourth-order valence-corrected chi connectivity index (χ4v) is 2.75. The summed E-state index contributed by atoms with van der Waals surface area (Å²) >= 11 is 0. The molecular weight excluding hydrogens is 256 g/mol. The second-order valence-corrected chi connectivity index (χ2v) is 6.85. The van der Waals surface area contributed by atoms with Gasteiger partial charge >= 0.3 is 0 Å². The van der Waals surface area contributed by atoms with E-state index in [0.717, 1.165) is 12.8 Å². The summed E-state index contributed by atoms with van der Waals surface area (Å²) in [5, 5.41) is 2.93. The van der Waals surface area contributed by atoms with Gasteiger partial charge in [0.05, 0.1) is 5.60 Å². The van der Waals surface area contributed by atoms with Crippen molar-refractivity contribution in [3.63, 3.8) is 0 Å². The Morgan fingerprint density at radius 2 is 2.00 bits per heavy atom. The van der Waals surface area contributed by atoms with Crippen LogP contribution in [0.1, 0.15) is 47.0 Å². The van der Waals surface area contributed by atoms with Gasteiger partial charge in [-0.3, -0.25) is 9.59 Å². The highest BCUT2D eigenvalue weighted by molar-refractivity contribution is 5.99. The van der Waals surface area contributed by atoms with Crippen LogP contribution >= 0.6 is 0 Å². The molecule has 1 saturated heterocycles. The summed E-state index contributed by atoms with van der Waals surface area (Å²) in [6.45, 7) is 8.19. The SMILES string of the molecule is COC(C)(C)CCN1C(=O)C(C)(C2CC2)NC(=O)C1C. The lowest BCUT2D eigenvalue weighted by Crippen LogP contribution is -2.69. The number of carbonyl (C=O) groups is 2. The molecule has 20 heavy (non-hydrogen) atoms. The molecule has 1 aliphatic carbocycles. The van der Waals surface area contributed by atoms with Crippen LogP contribution in [-0.4, -0.2) is 47.6 Å². The normalized spacial score (nSPS) is 31.4. The van der Waals surface area contributed by atoms with Gasteiger partial charge in [-0.2, -0.15) is 0 Å². The standard InChI is InChI=1S/C15H26N2O3/c1-10-12(18)16-15(4,11-6-7-11)13(19)17(10)9-8-14(2,3)20-5/h10-11H,6-9H2,1-5H3,(H,16,18). The number of hydrogen-bond donors (Lipinski definition) is 1. The maximum absolute atomic E-state index is 12.8. The van der Waals surface area contributed by atoms with Gasteiger partial charge in [0.15, 0.2) is 0 Å². The summed E-state index contributed by atoms with van der Waals surface area (Å²) in [5.74, 6) is 0.303. The summed E-state index contributed by atoms with van der Waals surface area (Å²) < 4.78 is 5.40. The third-order valence-electron chi connectivity index (χ3n) is 4.84. The molecule has 0 aromatic rings. The number of piperazine rings is 1. The minimum absolute atomic E-state index is 0.0470. The Morgan fingerprint density at radius 1 is 1.40 bits per heavy atom. The van der Waals surface area contributed by atoms with E-state index in [0.29, 0.717) is 18.9 Å². The van der Waals surface area contributed by atoms with Gasteiger partial charge in [0.1, 0.15) is 11.6 Å². The summed E-state index contributed by atoms with van der Waals surface area (Å²) in [7, 11) is 1.67. The summed E-state index contributed by atoms with van der Waals surface area (Å²) in [5.41, 5.74) is -0.995. The molecular formula is C15H26N2O3. The van der Waals surface area contributed by atoms with Crippen LogP contribution in [0.4, 0.5) is 0 Å². The lowest BCUT2D eigenvalue weighted by atomic mass is 9.89. The van der Waals surface area contributed by atoms with Crippen molar-refractivity contribution in [1.82, 2.24) is 10.2 Å². The van der Waals surface area contributed by atoms with Crippen molar-refractivity contribution in [2.24, 2.45) is 5.92 Å². The molecule has 1 saturated carbocycles. The van der Waals surface area contributed by atoms with Crippen LogP contribution in [0, 0.1) is 5.92 Å². The van der Waals surface area contributed by atoms with Crippen LogP contribution in [0.3, 0.4) is 0 Å². The minimum atomic E-state index is -0.708. The Hall–Kier alpha value is -1.10. The predicted molar refractivity (Wildman–Crippen MR) is 76.2 cm³/mol. The van der Waals surface area contributed by atoms with Gasteiger partial charge in [-0.15, -0.1) is 0 Å². The molecule has 2 amide bonds. The fraction of sp³-hybridized carbons (Fsp3) is 0.867. The number of rotatable bonds is 5. The van der Waals surface area contributed by atoms with Crippen LogP contribution < -0.4 is 5.32 Å². The number of nitrogens with one attached hydrogen (secondary N) is 1. The maximum atomic E-state index is 12.8. The van der Waals surface area contributed by atoms with Gasteiger partial charge in [-0.05, 0) is 52.9 Å². The lowest BCUT2D eigenvalue weighted by Gasteiger charge is -2.44. The molecule has 1 N–H and O–H groups in total. The van der Waals surface area contributed by atoms with Gasteiger partial charge in [-0.1, -0.05) is 0 Å². The highest BCUT2D eigenvalue weighted by atomic mass is 16.5. The number of amides is 2. The summed E-state index contributed by atoms with van der Waals surface area (Å²) in [6, 6.07) is -0.401. The lowest BCUT2D eigenvalue weighted by molar-refractivity contribution is -0.155. The molecule has 0 radical (unpaired) electrons. The first-order chi connectivity index (χ1) is 9.21. The van der Waals surface area contributed by atoms with E-state index in [1.54, 1.807) is 18.9 Å². The zero-order chi connectivity index (χ0) is 15.1. The number of ether oxygens (including phenoxy) is 1. The van der Waals surface area contributed by atoms with Crippen molar-refractivity contribution < 1.29 is 14.3 Å². The van der Waals surface area contributed by atoms with Crippen molar-refractivity contribution in [1.29, 1.82) is 0 Å². The smallest absolute Gasteiger partial charge is 0.249 e. The number of carbonyl (C=O) groups excluding carboxylic acids is 2. The van der Waals surface area contributed by atoms with Gasteiger partial charge in [-0.25, -0.2) is 0 Å². The molecule has 114 valence electrons. The zero-order valence-corrected chi connectivity index (χ0v) is 13.2. The molecule has 0 aromatic carbocycles. The second-order valence-electron chi connectivity index (χ2n) is 6.85. The molecule has 1 heterocycles. The highest BCUT2D eigenvalue weighted by Crippen LogP contribution is 2.42. The van der Waals surface area contributed by atoms with Crippen molar-refractivity contribution in [3.8, 4) is 0 Å². The molecule has 2 fully saturated rings. The Labute approximate surface area is 121 Å². The van der Waals surface area contributed by atoms with E-state index in [1.807, 2.05) is 20.8 Å². The Kier molecular flexibility index (Phi) is 3.84. The van der Waals surface area contributed by atoms with Crippen LogP contribution in [0.15, 0.2) is 0 Å². The molecule has 2 unspecified atom stereocenters. The average molecular weight is 282 g/mol. The molecule has 1 aliphatic heterocycles. The predicted octanol–water partition coefficient (Wildman–Crippen LogP) is 1.32. The van der Waals surface area contributed by atoms with Crippen LogP contribution in [0.25, 0.3) is 0 Å². The van der Waals surface area contributed by atoms with Crippen LogP contribution in [-0.2, 0) is 14.3 Å². The number of hydrogen-bond acceptors (Lipinski definition) is 3. The zero-order valence-electron chi connectivity index (χ0n) is 13.2. The number of methoxy groups -OCH3 is 1. The van der Waals surface area contributed by atoms with Crippen molar-refractivity contribution in [2.45, 2.75) is 64.1 Å². The van der Waals surface area contributed by atoms with E-state index in [4.69, 9.17) is 4.74 Å². The van der Waals surface area contributed by atoms with E-state index in [-0.39, 0.29) is 17.4 Å². The Morgan fingerprint density at radius 3 is 2.50 bits per heavy atom. The highest BCUT2D eigenvalue weighted by Gasteiger charge is 2.54. The van der Waals surface area contributed by atoms with Crippen molar-refractivity contribution in [2.75, 3.05) is 13.7 Å². The summed E-state index contributed by atoms with van der Waals surface area (Å²) in [6.07, 6.45) is 2.76. The Balaban J connectivity index is 2.12. The Bertz CT molecular complexity index is 417. The average Bonchev–Trinajstić information content (AvgIpc) is 3.21. The molecule has 5 nitrogen and oxygen atoms in total. The van der Waals surface area contributed by atoms with E-state index in [1.165, 1.54) is 0 Å². The second kappa shape index (κ2) is 5.02. The summed E-state index contributed by atoms with van der Waals surface area (Å²) in [4.78, 5) is 26.6. The molecule has 2 rings (SSSR count). The van der Waals surface area contributed by atoms with Gasteiger partial charge in [0.2, 0.25) is 11.8 Å². The molecule has 0 spiro atoms. The molecule has 2 aliphatic rings. The first-order valence-corrected chi connectivity index (χ1v) is 7.39.